The van der Waals surface area contributed by atoms with Gasteiger partial charge in [0, 0.05) is 12.3 Å². The first-order valence-corrected chi connectivity index (χ1v) is 9.07. The molecule has 0 saturated heterocycles. The van der Waals surface area contributed by atoms with E-state index in [1.807, 2.05) is 12.1 Å². The van der Waals surface area contributed by atoms with Crippen LogP contribution in [0.4, 0.5) is 0 Å². The number of nitrogens with zero attached hydrogens (tertiary/aromatic N) is 2. The Morgan fingerprint density at radius 1 is 1.18 bits per heavy atom. The lowest BCUT2D eigenvalue weighted by atomic mass is 9.97. The van der Waals surface area contributed by atoms with Gasteiger partial charge in [0.25, 0.3) is 0 Å². The Bertz CT molecular complexity index is 1070. The van der Waals surface area contributed by atoms with E-state index in [0.29, 0.717) is 34.4 Å². The van der Waals surface area contributed by atoms with Crippen molar-refractivity contribution < 1.29 is 14.3 Å². The Morgan fingerprint density at radius 2 is 2.00 bits per heavy atom. The summed E-state index contributed by atoms with van der Waals surface area (Å²) in [6, 6.07) is 18.0. The number of carbonyl (C=O) groups excluding carboxylic acids is 1. The first kappa shape index (κ1) is 18.0. The molecule has 1 unspecified atom stereocenters. The maximum atomic E-state index is 12.5. The normalized spacial score (nSPS) is 15.3. The predicted molar refractivity (Wildman–Crippen MR) is 103 cm³/mol. The summed E-state index contributed by atoms with van der Waals surface area (Å²) in [6.07, 6.45) is 1.44. The monoisotopic (exact) mass is 390 g/mol. The van der Waals surface area contributed by atoms with Gasteiger partial charge in [0.15, 0.2) is 5.78 Å². The highest BCUT2D eigenvalue weighted by atomic mass is 35.5. The van der Waals surface area contributed by atoms with Gasteiger partial charge in [-0.1, -0.05) is 23.7 Å². The van der Waals surface area contributed by atoms with E-state index < -0.39 is 6.10 Å². The van der Waals surface area contributed by atoms with Crippen LogP contribution in [0, 0.1) is 11.3 Å². The number of fused-ring (bicyclic) bond motifs is 1. The van der Waals surface area contributed by atoms with Crippen molar-refractivity contribution in [3.8, 4) is 17.6 Å². The molecular formula is C22H15ClN2O3. The molecule has 1 aliphatic heterocycles. The maximum absolute atomic E-state index is 12.5. The van der Waals surface area contributed by atoms with E-state index in [9.17, 15) is 4.79 Å². The largest absolute Gasteiger partial charge is 0.489 e. The average molecular weight is 391 g/mol. The van der Waals surface area contributed by atoms with Crippen LogP contribution in [0.25, 0.3) is 0 Å². The van der Waals surface area contributed by atoms with Gasteiger partial charge in [-0.05, 0) is 47.5 Å². The fraction of sp³-hybridized carbons (Fsp3) is 0.136. The lowest BCUT2D eigenvalue weighted by molar-refractivity contribution is 0.0849. The molecule has 1 aromatic heterocycles. The Hall–Kier alpha value is -3.36. The lowest BCUT2D eigenvalue weighted by Gasteiger charge is -2.26. The van der Waals surface area contributed by atoms with Crippen molar-refractivity contribution in [2.45, 2.75) is 19.1 Å². The summed E-state index contributed by atoms with van der Waals surface area (Å²) < 4.78 is 11.9. The number of carbonyl (C=O) groups is 1. The maximum Gasteiger partial charge on any atom is 0.170 e. The first-order valence-electron chi connectivity index (χ1n) is 8.69. The van der Waals surface area contributed by atoms with E-state index in [1.165, 1.54) is 0 Å². The van der Waals surface area contributed by atoms with Crippen LogP contribution in [0.5, 0.6) is 11.5 Å². The summed E-state index contributed by atoms with van der Waals surface area (Å²) in [4.78, 5) is 16.5. The predicted octanol–water partition coefficient (Wildman–Crippen LogP) is 4.89. The van der Waals surface area contributed by atoms with Crippen molar-refractivity contribution in [2.75, 3.05) is 0 Å². The third kappa shape index (κ3) is 3.83. The van der Waals surface area contributed by atoms with Crippen molar-refractivity contribution in [1.29, 1.82) is 5.26 Å². The van der Waals surface area contributed by atoms with E-state index >= 15 is 0 Å². The van der Waals surface area contributed by atoms with Crippen LogP contribution in [-0.4, -0.2) is 10.8 Å². The summed E-state index contributed by atoms with van der Waals surface area (Å²) in [5, 5.41) is 9.22. The molecule has 5 nitrogen and oxygen atoms in total. The number of hydrogen-bond acceptors (Lipinski definition) is 5. The van der Waals surface area contributed by atoms with E-state index in [0.717, 1.165) is 11.1 Å². The van der Waals surface area contributed by atoms with Crippen LogP contribution in [0.3, 0.4) is 0 Å². The van der Waals surface area contributed by atoms with Gasteiger partial charge in [0.2, 0.25) is 0 Å². The molecule has 0 aliphatic carbocycles. The Morgan fingerprint density at radius 3 is 2.75 bits per heavy atom. The highest BCUT2D eigenvalue weighted by Crippen LogP contribution is 2.37. The smallest absolute Gasteiger partial charge is 0.170 e. The molecule has 28 heavy (non-hydrogen) atoms. The molecule has 0 radical (unpaired) electrons. The molecule has 0 N–H and O–H groups in total. The number of rotatable bonds is 4. The van der Waals surface area contributed by atoms with E-state index in [2.05, 4.69) is 11.1 Å². The third-order valence-electron chi connectivity index (χ3n) is 4.50. The molecule has 6 heteroatoms. The van der Waals surface area contributed by atoms with Gasteiger partial charge in [-0.3, -0.25) is 4.79 Å². The zero-order valence-electron chi connectivity index (χ0n) is 14.8. The van der Waals surface area contributed by atoms with E-state index in [4.69, 9.17) is 26.3 Å². The fourth-order valence-electron chi connectivity index (χ4n) is 3.04. The molecule has 1 aliphatic rings. The zero-order valence-corrected chi connectivity index (χ0v) is 15.5. The van der Waals surface area contributed by atoms with Gasteiger partial charge in [-0.25, -0.2) is 4.98 Å². The van der Waals surface area contributed by atoms with Crippen molar-refractivity contribution in [1.82, 2.24) is 4.98 Å². The second kappa shape index (κ2) is 7.71. The molecule has 3 aromatic rings. The van der Waals surface area contributed by atoms with Gasteiger partial charge >= 0.3 is 0 Å². The van der Waals surface area contributed by atoms with Crippen LogP contribution < -0.4 is 9.47 Å². The highest BCUT2D eigenvalue weighted by Gasteiger charge is 2.28. The lowest BCUT2D eigenvalue weighted by Crippen LogP contribution is -2.20. The van der Waals surface area contributed by atoms with Crippen LogP contribution in [0.15, 0.2) is 60.8 Å². The summed E-state index contributed by atoms with van der Waals surface area (Å²) >= 11 is 5.96. The van der Waals surface area contributed by atoms with Crippen molar-refractivity contribution >= 4 is 17.4 Å². The van der Waals surface area contributed by atoms with E-state index in [-0.39, 0.29) is 12.2 Å². The first-order chi connectivity index (χ1) is 13.6. The van der Waals surface area contributed by atoms with Crippen LogP contribution in [0.2, 0.25) is 5.15 Å². The van der Waals surface area contributed by atoms with Crippen molar-refractivity contribution in [3.63, 3.8) is 0 Å². The quantitative estimate of drug-likeness (QED) is 0.593. The van der Waals surface area contributed by atoms with Gasteiger partial charge < -0.3 is 9.47 Å². The Balaban J connectivity index is 1.51. The number of ether oxygens (including phenoxy) is 2. The molecule has 0 bridgehead atoms. The fourth-order valence-corrected chi connectivity index (χ4v) is 3.22. The number of Topliss-reactive ketones (excluding diaryl/α,β-unsaturated/α-hetero) is 1. The number of aromatic nitrogens is 1. The summed E-state index contributed by atoms with van der Waals surface area (Å²) in [5.74, 6) is 1.11. The SMILES string of the molecule is N#Cc1ccc(COc2ccc3c(c2)OC(c2ccnc(Cl)c2)CC3=O)cc1. The van der Waals surface area contributed by atoms with Gasteiger partial charge in [-0.2, -0.15) is 5.26 Å². The molecule has 4 rings (SSSR count). The molecule has 1 atom stereocenters. The topological polar surface area (TPSA) is 72.2 Å². The molecule has 2 aromatic carbocycles. The number of hydrogen-bond donors (Lipinski definition) is 0. The minimum atomic E-state index is -0.408. The standard InChI is InChI=1S/C22H15ClN2O3/c23-22-9-16(7-8-25-22)20-11-19(26)18-6-5-17(10-21(18)28-20)27-13-15-3-1-14(12-24)2-4-15/h1-10,20H,11,13H2. The average Bonchev–Trinajstić information content (AvgIpc) is 2.72. The van der Waals surface area contributed by atoms with Crippen LogP contribution in [-0.2, 0) is 6.61 Å². The van der Waals surface area contributed by atoms with Crippen LogP contribution >= 0.6 is 11.6 Å². The number of nitriles is 1. The van der Waals surface area contributed by atoms with Gasteiger partial charge in [0.1, 0.15) is 29.4 Å². The molecule has 0 spiro atoms. The second-order valence-corrected chi connectivity index (χ2v) is 6.79. The van der Waals surface area contributed by atoms with E-state index in [1.54, 1.807) is 48.7 Å². The molecule has 138 valence electrons. The molecular weight excluding hydrogens is 376 g/mol. The summed E-state index contributed by atoms with van der Waals surface area (Å²) in [5.41, 5.74) is 2.90. The number of ketones is 1. The Labute approximate surface area is 167 Å². The van der Waals surface area contributed by atoms with Gasteiger partial charge in [0.05, 0.1) is 23.6 Å². The van der Waals surface area contributed by atoms with Gasteiger partial charge in [-0.15, -0.1) is 0 Å². The summed E-state index contributed by atoms with van der Waals surface area (Å²) in [6.45, 7) is 0.349. The third-order valence-corrected chi connectivity index (χ3v) is 4.71. The number of benzene rings is 2. The van der Waals surface area contributed by atoms with Crippen molar-refractivity contribution in [2.24, 2.45) is 0 Å². The van der Waals surface area contributed by atoms with Crippen molar-refractivity contribution in [3.05, 3.63) is 88.2 Å². The second-order valence-electron chi connectivity index (χ2n) is 6.40. The zero-order chi connectivity index (χ0) is 19.5. The van der Waals surface area contributed by atoms with Crippen LogP contribution in [0.1, 0.15) is 39.6 Å². The Kier molecular flexibility index (Phi) is 4.96. The molecule has 0 fully saturated rings. The summed E-state index contributed by atoms with van der Waals surface area (Å²) in [7, 11) is 0. The number of pyridine rings is 1. The number of halogens is 1. The minimum Gasteiger partial charge on any atom is -0.489 e. The highest BCUT2D eigenvalue weighted by molar-refractivity contribution is 6.29. The molecule has 2 heterocycles. The minimum absolute atomic E-state index is 0.0119. The molecule has 0 saturated carbocycles. The molecule has 0 amide bonds.